The maximum Gasteiger partial charge on any atom is 0.326 e. The average molecular weight is 373 g/mol. The standard InChI is InChI=1S/C18H13F2N3O4/c19-11-5-6-15(13(20)7-11)22-16(24)9-27-17(25)8-23-10-21-14-4-2-1-3-12(14)18(23)26/h1-7,10H,8-9H2,(H,22,24). The molecule has 1 aromatic heterocycles. The van der Waals surface area contributed by atoms with E-state index < -0.39 is 42.2 Å². The number of nitrogens with one attached hydrogen (secondary N) is 1. The summed E-state index contributed by atoms with van der Waals surface area (Å²) >= 11 is 0. The zero-order valence-corrected chi connectivity index (χ0v) is 13.8. The Bertz CT molecular complexity index is 1080. The molecule has 1 amide bonds. The van der Waals surface area contributed by atoms with Crippen LogP contribution in [0.3, 0.4) is 0 Å². The highest BCUT2D eigenvalue weighted by Gasteiger charge is 2.13. The van der Waals surface area contributed by atoms with E-state index in [0.29, 0.717) is 17.0 Å². The van der Waals surface area contributed by atoms with Crippen LogP contribution in [-0.2, 0) is 20.9 Å². The predicted molar refractivity (Wildman–Crippen MR) is 91.9 cm³/mol. The summed E-state index contributed by atoms with van der Waals surface area (Å²) in [6.07, 6.45) is 1.21. The molecule has 0 fully saturated rings. The zero-order valence-electron chi connectivity index (χ0n) is 13.8. The number of anilines is 1. The van der Waals surface area contributed by atoms with E-state index in [4.69, 9.17) is 4.74 Å². The summed E-state index contributed by atoms with van der Waals surface area (Å²) in [6.45, 7) is -1.12. The second-order valence-electron chi connectivity index (χ2n) is 5.53. The second kappa shape index (κ2) is 7.73. The molecule has 1 heterocycles. The van der Waals surface area contributed by atoms with Crippen LogP contribution < -0.4 is 10.9 Å². The van der Waals surface area contributed by atoms with Crippen molar-refractivity contribution in [2.45, 2.75) is 6.54 Å². The molecule has 0 atom stereocenters. The van der Waals surface area contributed by atoms with Crippen molar-refractivity contribution in [3.05, 3.63) is 70.8 Å². The van der Waals surface area contributed by atoms with Crippen LogP contribution in [0, 0.1) is 11.6 Å². The van der Waals surface area contributed by atoms with Gasteiger partial charge in [-0.05, 0) is 24.3 Å². The van der Waals surface area contributed by atoms with E-state index in [2.05, 4.69) is 10.3 Å². The lowest BCUT2D eigenvalue weighted by Gasteiger charge is -2.09. The number of para-hydroxylation sites is 1. The Labute approximate surface area is 151 Å². The summed E-state index contributed by atoms with van der Waals surface area (Å²) in [4.78, 5) is 39.9. The molecular weight excluding hydrogens is 360 g/mol. The van der Waals surface area contributed by atoms with Crippen LogP contribution in [0.5, 0.6) is 0 Å². The van der Waals surface area contributed by atoms with Gasteiger partial charge in [0, 0.05) is 6.07 Å². The number of esters is 1. The summed E-state index contributed by atoms with van der Waals surface area (Å²) in [5.74, 6) is -3.39. The van der Waals surface area contributed by atoms with E-state index in [1.807, 2.05) is 0 Å². The molecule has 0 aliphatic carbocycles. The van der Waals surface area contributed by atoms with Crippen molar-refractivity contribution in [3.8, 4) is 0 Å². The van der Waals surface area contributed by atoms with E-state index in [9.17, 15) is 23.2 Å². The van der Waals surface area contributed by atoms with Crippen LogP contribution >= 0.6 is 0 Å². The topological polar surface area (TPSA) is 90.3 Å². The molecule has 0 radical (unpaired) electrons. The first kappa shape index (κ1) is 18.2. The molecule has 0 saturated carbocycles. The Kier molecular flexibility index (Phi) is 5.20. The number of carbonyl (C=O) groups excluding carboxylic acids is 2. The fourth-order valence-corrected chi connectivity index (χ4v) is 2.33. The largest absolute Gasteiger partial charge is 0.454 e. The highest BCUT2D eigenvalue weighted by atomic mass is 19.1. The van der Waals surface area contributed by atoms with Gasteiger partial charge in [-0.15, -0.1) is 0 Å². The molecule has 2 aromatic carbocycles. The minimum absolute atomic E-state index is 0.243. The van der Waals surface area contributed by atoms with Gasteiger partial charge in [0.1, 0.15) is 18.2 Å². The van der Waals surface area contributed by atoms with Crippen molar-refractivity contribution >= 4 is 28.5 Å². The summed E-state index contributed by atoms with van der Waals surface area (Å²) in [6, 6.07) is 9.29. The third-order valence-electron chi connectivity index (χ3n) is 3.60. The maximum atomic E-state index is 13.5. The molecule has 0 spiro atoms. The maximum absolute atomic E-state index is 13.5. The third kappa shape index (κ3) is 4.32. The fourth-order valence-electron chi connectivity index (χ4n) is 2.33. The third-order valence-corrected chi connectivity index (χ3v) is 3.60. The van der Waals surface area contributed by atoms with Crippen molar-refractivity contribution in [1.29, 1.82) is 0 Å². The van der Waals surface area contributed by atoms with Gasteiger partial charge in [0.2, 0.25) is 0 Å². The van der Waals surface area contributed by atoms with Crippen molar-refractivity contribution < 1.29 is 23.1 Å². The zero-order chi connectivity index (χ0) is 19.4. The van der Waals surface area contributed by atoms with E-state index in [0.717, 1.165) is 16.7 Å². The summed E-state index contributed by atoms with van der Waals surface area (Å²) in [5.41, 5.74) is -0.171. The monoisotopic (exact) mass is 373 g/mol. The van der Waals surface area contributed by atoms with Gasteiger partial charge in [-0.2, -0.15) is 0 Å². The number of ether oxygens (including phenoxy) is 1. The number of fused-ring (bicyclic) bond motifs is 1. The van der Waals surface area contributed by atoms with Crippen molar-refractivity contribution in [2.75, 3.05) is 11.9 Å². The lowest BCUT2D eigenvalue weighted by atomic mass is 10.2. The molecule has 0 aliphatic rings. The molecule has 3 aromatic rings. The minimum atomic E-state index is -0.955. The predicted octanol–water partition coefficient (Wildman–Crippen LogP) is 1.86. The van der Waals surface area contributed by atoms with Gasteiger partial charge in [0.25, 0.3) is 11.5 Å². The highest BCUT2D eigenvalue weighted by Crippen LogP contribution is 2.14. The molecule has 0 bridgehead atoms. The van der Waals surface area contributed by atoms with Crippen LogP contribution in [-0.4, -0.2) is 28.0 Å². The normalized spacial score (nSPS) is 10.6. The Balaban J connectivity index is 1.59. The molecule has 0 aliphatic heterocycles. The minimum Gasteiger partial charge on any atom is -0.454 e. The van der Waals surface area contributed by atoms with Crippen LogP contribution in [0.15, 0.2) is 53.6 Å². The van der Waals surface area contributed by atoms with Crippen LogP contribution in [0.2, 0.25) is 0 Å². The molecule has 3 rings (SSSR count). The van der Waals surface area contributed by atoms with E-state index >= 15 is 0 Å². The molecule has 0 saturated heterocycles. The molecule has 1 N–H and O–H groups in total. The molecule has 9 heteroatoms. The number of halogens is 2. The van der Waals surface area contributed by atoms with Gasteiger partial charge in [-0.1, -0.05) is 12.1 Å². The smallest absolute Gasteiger partial charge is 0.326 e. The van der Waals surface area contributed by atoms with Gasteiger partial charge >= 0.3 is 5.97 Å². The molecule has 7 nitrogen and oxygen atoms in total. The summed E-state index contributed by atoms with van der Waals surface area (Å²) in [5, 5.41) is 2.50. The van der Waals surface area contributed by atoms with Gasteiger partial charge in [0.15, 0.2) is 6.61 Å². The van der Waals surface area contributed by atoms with Gasteiger partial charge < -0.3 is 10.1 Å². The van der Waals surface area contributed by atoms with Crippen molar-refractivity contribution in [1.82, 2.24) is 9.55 Å². The number of nitrogens with zero attached hydrogens (tertiary/aromatic N) is 2. The fraction of sp³-hybridized carbons (Fsp3) is 0.111. The van der Waals surface area contributed by atoms with Crippen LogP contribution in [0.4, 0.5) is 14.5 Å². The number of rotatable bonds is 5. The Morgan fingerprint density at radius 1 is 1.15 bits per heavy atom. The SMILES string of the molecule is O=C(COC(=O)Cn1cnc2ccccc2c1=O)Nc1ccc(F)cc1F. The Morgan fingerprint density at radius 2 is 1.93 bits per heavy atom. The first-order valence-corrected chi connectivity index (χ1v) is 7.79. The quantitative estimate of drug-likeness (QED) is 0.690. The average Bonchev–Trinajstić information content (AvgIpc) is 2.65. The van der Waals surface area contributed by atoms with E-state index in [1.54, 1.807) is 24.3 Å². The first-order chi connectivity index (χ1) is 12.9. The van der Waals surface area contributed by atoms with Gasteiger partial charge in [-0.25, -0.2) is 13.8 Å². The number of benzene rings is 2. The summed E-state index contributed by atoms with van der Waals surface area (Å²) in [7, 11) is 0. The molecular formula is C18H13F2N3O4. The Hall–Kier alpha value is -3.62. The van der Waals surface area contributed by atoms with Crippen molar-refractivity contribution in [2.24, 2.45) is 0 Å². The lowest BCUT2D eigenvalue weighted by molar-refractivity contribution is -0.147. The van der Waals surface area contributed by atoms with Gasteiger partial charge in [0.05, 0.1) is 22.9 Å². The first-order valence-electron chi connectivity index (χ1n) is 7.79. The van der Waals surface area contributed by atoms with E-state index in [-0.39, 0.29) is 5.69 Å². The number of aromatic nitrogens is 2. The van der Waals surface area contributed by atoms with Gasteiger partial charge in [-0.3, -0.25) is 19.0 Å². The van der Waals surface area contributed by atoms with Crippen LogP contribution in [0.1, 0.15) is 0 Å². The van der Waals surface area contributed by atoms with Crippen LogP contribution in [0.25, 0.3) is 10.9 Å². The number of amides is 1. The number of hydrogen-bond donors (Lipinski definition) is 1. The lowest BCUT2D eigenvalue weighted by Crippen LogP contribution is -2.28. The molecule has 27 heavy (non-hydrogen) atoms. The number of carbonyl (C=O) groups is 2. The highest BCUT2D eigenvalue weighted by molar-refractivity contribution is 5.92. The molecule has 138 valence electrons. The van der Waals surface area contributed by atoms with Crippen molar-refractivity contribution in [3.63, 3.8) is 0 Å². The summed E-state index contributed by atoms with van der Waals surface area (Å²) < 4.78 is 32.1. The van der Waals surface area contributed by atoms with E-state index in [1.165, 1.54) is 6.33 Å². The second-order valence-corrected chi connectivity index (χ2v) is 5.53. The Morgan fingerprint density at radius 3 is 2.70 bits per heavy atom. The molecule has 0 unspecified atom stereocenters. The number of hydrogen-bond acceptors (Lipinski definition) is 5.